The second-order valence-corrected chi connectivity index (χ2v) is 5.95. The molecule has 0 fully saturated rings. The normalized spacial score (nSPS) is 11.9. The number of hydrogen-bond acceptors (Lipinski definition) is 3. The second kappa shape index (κ2) is 7.86. The van der Waals surface area contributed by atoms with E-state index in [4.69, 9.17) is 39.5 Å². The number of pyridine rings is 1. The Hall–Kier alpha value is -1.49. The van der Waals surface area contributed by atoms with Crippen LogP contribution in [0, 0.1) is 0 Å². The highest BCUT2D eigenvalue weighted by Gasteiger charge is 2.20. The fourth-order valence-electron chi connectivity index (χ4n) is 2.09. The molecule has 0 bridgehead atoms. The van der Waals surface area contributed by atoms with Crippen LogP contribution in [0.4, 0.5) is 0 Å². The van der Waals surface area contributed by atoms with Gasteiger partial charge in [0.2, 0.25) is 0 Å². The average Bonchev–Trinajstić information content (AvgIpc) is 2.57. The van der Waals surface area contributed by atoms with Gasteiger partial charge in [0.05, 0.1) is 28.2 Å². The number of halogens is 3. The van der Waals surface area contributed by atoms with E-state index in [-0.39, 0.29) is 26.8 Å². The molecule has 1 unspecified atom stereocenters. The molecule has 4 nitrogen and oxygen atoms in total. The van der Waals surface area contributed by atoms with E-state index in [2.05, 4.69) is 10.3 Å². The number of ether oxygens (including phenoxy) is 1. The molecular formula is C16H15Cl3N2O2. The minimum atomic E-state index is -0.406. The Kier molecular flexibility index (Phi) is 6.10. The summed E-state index contributed by atoms with van der Waals surface area (Å²) in [5.41, 5.74) is 1.01. The summed E-state index contributed by atoms with van der Waals surface area (Å²) in [7, 11) is 1.60. The summed E-state index contributed by atoms with van der Waals surface area (Å²) < 4.78 is 5.13. The van der Waals surface area contributed by atoms with Crippen molar-refractivity contribution in [2.45, 2.75) is 19.4 Å². The number of nitrogens with zero attached hydrogens (tertiary/aromatic N) is 1. The number of benzene rings is 1. The highest BCUT2D eigenvalue weighted by Crippen LogP contribution is 2.31. The summed E-state index contributed by atoms with van der Waals surface area (Å²) in [4.78, 5) is 16.4. The Balaban J connectivity index is 2.21. The molecule has 1 heterocycles. The van der Waals surface area contributed by atoms with Crippen molar-refractivity contribution in [3.05, 3.63) is 56.8 Å². The van der Waals surface area contributed by atoms with Gasteiger partial charge in [-0.15, -0.1) is 0 Å². The molecule has 0 aliphatic rings. The summed E-state index contributed by atoms with van der Waals surface area (Å²) >= 11 is 17.8. The maximum absolute atomic E-state index is 12.4. The van der Waals surface area contributed by atoms with Gasteiger partial charge in [-0.05, 0) is 24.1 Å². The van der Waals surface area contributed by atoms with Gasteiger partial charge in [0, 0.05) is 6.20 Å². The van der Waals surface area contributed by atoms with Crippen molar-refractivity contribution in [1.29, 1.82) is 0 Å². The average molecular weight is 374 g/mol. The molecule has 0 saturated heterocycles. The molecule has 1 aromatic carbocycles. The molecule has 0 aliphatic carbocycles. The van der Waals surface area contributed by atoms with E-state index >= 15 is 0 Å². The number of hydrogen-bond donors (Lipinski definition) is 1. The van der Waals surface area contributed by atoms with Gasteiger partial charge < -0.3 is 10.1 Å². The highest BCUT2D eigenvalue weighted by molar-refractivity contribution is 6.48. The zero-order chi connectivity index (χ0) is 17.0. The van der Waals surface area contributed by atoms with Gasteiger partial charge in [-0.25, -0.2) is 4.98 Å². The van der Waals surface area contributed by atoms with Crippen LogP contribution >= 0.6 is 34.8 Å². The van der Waals surface area contributed by atoms with Gasteiger partial charge in [-0.3, -0.25) is 4.79 Å². The third-order valence-electron chi connectivity index (χ3n) is 3.36. The lowest BCUT2D eigenvalue weighted by Gasteiger charge is -2.18. The van der Waals surface area contributed by atoms with Crippen LogP contribution in [0.2, 0.25) is 15.1 Å². The van der Waals surface area contributed by atoms with Gasteiger partial charge >= 0.3 is 0 Å². The van der Waals surface area contributed by atoms with Crippen LogP contribution in [-0.2, 0) is 0 Å². The van der Waals surface area contributed by atoms with Gasteiger partial charge in [0.15, 0.2) is 0 Å². The number of amides is 1. The molecule has 1 amide bonds. The molecule has 0 spiro atoms. The second-order valence-electron chi connectivity index (χ2n) is 4.79. The van der Waals surface area contributed by atoms with Crippen molar-refractivity contribution < 1.29 is 9.53 Å². The summed E-state index contributed by atoms with van der Waals surface area (Å²) in [6.45, 7) is 1.97. The molecule has 0 saturated carbocycles. The summed E-state index contributed by atoms with van der Waals surface area (Å²) in [5.74, 6) is 0.348. The van der Waals surface area contributed by atoms with Gasteiger partial charge in [-0.1, -0.05) is 53.9 Å². The standard InChI is InChI=1S/C16H15Cl3N2O2/c1-3-12(9-4-6-10(23-2)7-5-9)21-16(22)15-14(19)13(18)11(17)8-20-15/h4-8,12H,3H2,1-2H3,(H,21,22). The van der Waals surface area contributed by atoms with Crippen LogP contribution in [0.1, 0.15) is 35.4 Å². The van der Waals surface area contributed by atoms with Gasteiger partial charge in [-0.2, -0.15) is 0 Å². The molecular weight excluding hydrogens is 359 g/mol. The lowest BCUT2D eigenvalue weighted by Crippen LogP contribution is -2.29. The predicted octanol–water partition coefficient (Wildman–Crippen LogP) is 4.93. The monoisotopic (exact) mass is 372 g/mol. The first kappa shape index (κ1) is 17.9. The van der Waals surface area contributed by atoms with E-state index in [1.807, 2.05) is 31.2 Å². The van der Waals surface area contributed by atoms with Crippen LogP contribution in [0.3, 0.4) is 0 Å². The van der Waals surface area contributed by atoms with Gasteiger partial charge in [0.25, 0.3) is 5.91 Å². The number of carbonyl (C=O) groups excluding carboxylic acids is 1. The number of carbonyl (C=O) groups is 1. The number of nitrogens with one attached hydrogen (secondary N) is 1. The zero-order valence-electron chi connectivity index (χ0n) is 12.6. The first-order valence-corrected chi connectivity index (χ1v) is 8.05. The van der Waals surface area contributed by atoms with Crippen molar-refractivity contribution in [3.8, 4) is 5.75 Å². The molecule has 0 radical (unpaired) electrons. The molecule has 2 rings (SSSR count). The topological polar surface area (TPSA) is 51.2 Å². The molecule has 1 N–H and O–H groups in total. The molecule has 1 aromatic heterocycles. The van der Waals surface area contributed by atoms with Crippen LogP contribution in [-0.4, -0.2) is 18.0 Å². The number of aromatic nitrogens is 1. The fourth-order valence-corrected chi connectivity index (χ4v) is 2.65. The van der Waals surface area contributed by atoms with Gasteiger partial charge in [0.1, 0.15) is 11.4 Å². The molecule has 7 heteroatoms. The number of rotatable bonds is 5. The maximum Gasteiger partial charge on any atom is 0.271 e. The molecule has 0 aliphatic heterocycles. The fraction of sp³-hybridized carbons (Fsp3) is 0.250. The highest BCUT2D eigenvalue weighted by atomic mass is 35.5. The van der Waals surface area contributed by atoms with Crippen LogP contribution in [0.15, 0.2) is 30.5 Å². The first-order valence-electron chi connectivity index (χ1n) is 6.92. The third-order valence-corrected chi connectivity index (χ3v) is 4.60. The SMILES string of the molecule is CCC(NC(=O)c1ncc(Cl)c(Cl)c1Cl)c1ccc(OC)cc1. The van der Waals surface area contributed by atoms with Crippen molar-refractivity contribution in [3.63, 3.8) is 0 Å². The van der Waals surface area contributed by atoms with Crippen molar-refractivity contribution in [2.75, 3.05) is 7.11 Å². The molecule has 1 atom stereocenters. The van der Waals surface area contributed by atoms with E-state index in [9.17, 15) is 4.79 Å². The van der Waals surface area contributed by atoms with Crippen LogP contribution in [0.5, 0.6) is 5.75 Å². The summed E-state index contributed by atoms with van der Waals surface area (Å²) in [5, 5.41) is 3.26. The quantitative estimate of drug-likeness (QED) is 0.808. The largest absolute Gasteiger partial charge is 0.497 e. The zero-order valence-corrected chi connectivity index (χ0v) is 14.8. The lowest BCUT2D eigenvalue weighted by atomic mass is 10.0. The smallest absolute Gasteiger partial charge is 0.271 e. The Bertz CT molecular complexity index is 705. The van der Waals surface area contributed by atoms with Crippen LogP contribution in [0.25, 0.3) is 0 Å². The number of methoxy groups -OCH3 is 1. The van der Waals surface area contributed by atoms with Crippen LogP contribution < -0.4 is 10.1 Å². The van der Waals surface area contributed by atoms with E-state index in [1.165, 1.54) is 6.20 Å². The van der Waals surface area contributed by atoms with E-state index < -0.39 is 5.91 Å². The molecule has 2 aromatic rings. The summed E-state index contributed by atoms with van der Waals surface area (Å²) in [6.07, 6.45) is 2.01. The predicted molar refractivity (Wildman–Crippen MR) is 92.8 cm³/mol. The molecule has 122 valence electrons. The summed E-state index contributed by atoms with van der Waals surface area (Å²) in [6, 6.07) is 7.30. The van der Waals surface area contributed by atoms with E-state index in [1.54, 1.807) is 7.11 Å². The lowest BCUT2D eigenvalue weighted by molar-refractivity contribution is 0.0930. The van der Waals surface area contributed by atoms with Crippen molar-refractivity contribution in [1.82, 2.24) is 10.3 Å². The minimum absolute atomic E-state index is 0.0428. The van der Waals surface area contributed by atoms with Crippen molar-refractivity contribution >= 4 is 40.7 Å². The van der Waals surface area contributed by atoms with E-state index in [0.29, 0.717) is 6.42 Å². The Morgan fingerprint density at radius 1 is 1.22 bits per heavy atom. The minimum Gasteiger partial charge on any atom is -0.497 e. The Labute approximate surface area is 149 Å². The maximum atomic E-state index is 12.4. The van der Waals surface area contributed by atoms with Crippen molar-refractivity contribution in [2.24, 2.45) is 0 Å². The first-order chi connectivity index (χ1) is 11.0. The third kappa shape index (κ3) is 4.08. The Morgan fingerprint density at radius 2 is 1.87 bits per heavy atom. The van der Waals surface area contributed by atoms with E-state index in [0.717, 1.165) is 11.3 Å². The Morgan fingerprint density at radius 3 is 2.43 bits per heavy atom. The molecule has 23 heavy (non-hydrogen) atoms.